The number of aromatic nitrogens is 2. The van der Waals surface area contributed by atoms with Gasteiger partial charge in [0.05, 0.1) is 18.5 Å². The van der Waals surface area contributed by atoms with Crippen LogP contribution in [0.1, 0.15) is 18.4 Å². The van der Waals surface area contributed by atoms with E-state index in [1.807, 2.05) is 12.1 Å². The Labute approximate surface area is 161 Å². The second kappa shape index (κ2) is 7.07. The molecule has 2 heterocycles. The third-order valence-corrected chi connectivity index (χ3v) is 5.28. The Kier molecular flexibility index (Phi) is 4.65. The lowest BCUT2D eigenvalue weighted by Gasteiger charge is -2.09. The molecule has 0 aliphatic carbocycles. The summed E-state index contributed by atoms with van der Waals surface area (Å²) >= 11 is 2.33. The fourth-order valence-corrected chi connectivity index (χ4v) is 3.61. The highest BCUT2D eigenvalue weighted by Gasteiger charge is 2.21. The van der Waals surface area contributed by atoms with Crippen LogP contribution in [0.4, 0.5) is 5.82 Å². The van der Waals surface area contributed by atoms with Crippen molar-refractivity contribution in [2.75, 3.05) is 19.0 Å². The number of benzene rings is 2. The van der Waals surface area contributed by atoms with Gasteiger partial charge in [-0.25, -0.2) is 4.68 Å². The smallest absolute Gasteiger partial charge is 0.133 e. The fourth-order valence-electron chi connectivity index (χ4n) is 3.25. The molecule has 2 aromatic carbocycles. The van der Waals surface area contributed by atoms with E-state index in [0.717, 1.165) is 41.5 Å². The summed E-state index contributed by atoms with van der Waals surface area (Å²) in [6.45, 7) is 0.991. The zero-order valence-corrected chi connectivity index (χ0v) is 16.3. The number of anilines is 1. The molecule has 128 valence electrons. The number of methoxy groups -OCH3 is 1. The molecule has 0 atom stereocenters. The van der Waals surface area contributed by atoms with Crippen molar-refractivity contribution in [3.05, 3.63) is 57.7 Å². The van der Waals surface area contributed by atoms with E-state index in [-0.39, 0.29) is 0 Å². The molecule has 4 nitrogen and oxygen atoms in total. The van der Waals surface area contributed by atoms with Crippen molar-refractivity contribution in [3.63, 3.8) is 0 Å². The van der Waals surface area contributed by atoms with Crippen molar-refractivity contribution in [2.24, 2.45) is 0 Å². The van der Waals surface area contributed by atoms with E-state index in [2.05, 4.69) is 69.0 Å². The van der Waals surface area contributed by atoms with Gasteiger partial charge in [0.25, 0.3) is 0 Å². The lowest BCUT2D eigenvalue weighted by molar-refractivity contribution is 0.415. The Balaban J connectivity index is 1.85. The van der Waals surface area contributed by atoms with Crippen LogP contribution in [0.15, 0.2) is 48.5 Å². The van der Waals surface area contributed by atoms with E-state index >= 15 is 0 Å². The number of halogens is 1. The molecule has 25 heavy (non-hydrogen) atoms. The zero-order valence-electron chi connectivity index (χ0n) is 14.1. The topological polar surface area (TPSA) is 39.1 Å². The molecular formula is C20H20IN3O. The van der Waals surface area contributed by atoms with Crippen LogP contribution in [-0.2, 0) is 6.42 Å². The summed E-state index contributed by atoms with van der Waals surface area (Å²) in [7, 11) is 1.69. The largest absolute Gasteiger partial charge is 0.497 e. The Morgan fingerprint density at radius 1 is 1.04 bits per heavy atom. The van der Waals surface area contributed by atoms with Crippen molar-refractivity contribution in [2.45, 2.75) is 19.3 Å². The lowest BCUT2D eigenvalue weighted by atomic mass is 10.0. The number of nitrogens with zero attached hydrogens (tertiary/aromatic N) is 2. The van der Waals surface area contributed by atoms with Crippen LogP contribution in [0.3, 0.4) is 0 Å². The summed E-state index contributed by atoms with van der Waals surface area (Å²) in [5.41, 5.74) is 4.59. The third-order valence-electron chi connectivity index (χ3n) is 4.56. The molecule has 0 fully saturated rings. The molecule has 1 aliphatic heterocycles. The fraction of sp³-hybridized carbons (Fsp3) is 0.250. The quantitative estimate of drug-likeness (QED) is 0.583. The van der Waals surface area contributed by atoms with Gasteiger partial charge in [0.1, 0.15) is 11.6 Å². The lowest BCUT2D eigenvalue weighted by Crippen LogP contribution is -2.07. The third kappa shape index (κ3) is 3.25. The minimum absolute atomic E-state index is 0.866. The highest BCUT2D eigenvalue weighted by Crippen LogP contribution is 2.34. The molecule has 3 aromatic rings. The highest BCUT2D eigenvalue weighted by molar-refractivity contribution is 14.1. The van der Waals surface area contributed by atoms with E-state index in [1.165, 1.54) is 22.0 Å². The molecule has 0 saturated heterocycles. The number of ether oxygens (including phenoxy) is 1. The maximum absolute atomic E-state index is 5.28. The highest BCUT2D eigenvalue weighted by atomic mass is 127. The molecule has 0 saturated carbocycles. The minimum atomic E-state index is 0.866. The Hall–Kier alpha value is -2.02. The van der Waals surface area contributed by atoms with Crippen LogP contribution < -0.4 is 10.1 Å². The molecule has 1 N–H and O–H groups in total. The minimum Gasteiger partial charge on any atom is -0.497 e. The van der Waals surface area contributed by atoms with Gasteiger partial charge in [0.2, 0.25) is 0 Å². The number of hydrogen-bond donors (Lipinski definition) is 1. The van der Waals surface area contributed by atoms with E-state index < -0.39 is 0 Å². The van der Waals surface area contributed by atoms with Crippen LogP contribution in [0.25, 0.3) is 16.9 Å². The molecule has 0 unspecified atom stereocenters. The molecule has 4 rings (SSSR count). The summed E-state index contributed by atoms with van der Waals surface area (Å²) in [6, 6.07) is 16.7. The van der Waals surface area contributed by atoms with E-state index in [4.69, 9.17) is 9.84 Å². The van der Waals surface area contributed by atoms with Crippen LogP contribution in [0.5, 0.6) is 5.75 Å². The number of fused-ring (bicyclic) bond motifs is 1. The van der Waals surface area contributed by atoms with Gasteiger partial charge in [-0.3, -0.25) is 0 Å². The first-order valence-electron chi connectivity index (χ1n) is 8.52. The molecule has 0 amide bonds. The predicted molar refractivity (Wildman–Crippen MR) is 110 cm³/mol. The Morgan fingerprint density at radius 3 is 2.52 bits per heavy atom. The summed E-state index contributed by atoms with van der Waals surface area (Å²) < 4.78 is 8.56. The average molecular weight is 445 g/mol. The van der Waals surface area contributed by atoms with Gasteiger partial charge in [-0.1, -0.05) is 0 Å². The second-order valence-corrected chi connectivity index (χ2v) is 7.42. The molecule has 5 heteroatoms. The van der Waals surface area contributed by atoms with Crippen LogP contribution in [0.2, 0.25) is 0 Å². The van der Waals surface area contributed by atoms with Crippen LogP contribution >= 0.6 is 22.6 Å². The number of rotatable bonds is 3. The van der Waals surface area contributed by atoms with Crippen LogP contribution in [0, 0.1) is 3.57 Å². The van der Waals surface area contributed by atoms with Gasteiger partial charge in [-0.2, -0.15) is 5.10 Å². The van der Waals surface area contributed by atoms with E-state index in [1.54, 1.807) is 7.11 Å². The van der Waals surface area contributed by atoms with Gasteiger partial charge in [-0.15, -0.1) is 0 Å². The standard InChI is InChI=1S/C20H20IN3O/c1-25-17-11-5-14(6-12-17)19-18-4-2-3-13-22-20(18)24(23-19)16-9-7-15(21)8-10-16/h5-12,22H,2-4,13H2,1H3. The van der Waals surface area contributed by atoms with Gasteiger partial charge >= 0.3 is 0 Å². The average Bonchev–Trinajstić information content (AvgIpc) is 2.84. The molecule has 1 aromatic heterocycles. The SMILES string of the molecule is COc1ccc(-c2nn(-c3ccc(I)cc3)c3c2CCCCN3)cc1. The van der Waals surface area contributed by atoms with Gasteiger partial charge < -0.3 is 10.1 Å². The Bertz CT molecular complexity index is 869. The molecular weight excluding hydrogens is 425 g/mol. The number of nitrogens with one attached hydrogen (secondary N) is 1. The first-order valence-corrected chi connectivity index (χ1v) is 9.60. The van der Waals surface area contributed by atoms with Crippen molar-refractivity contribution in [3.8, 4) is 22.7 Å². The maximum Gasteiger partial charge on any atom is 0.133 e. The van der Waals surface area contributed by atoms with Crippen molar-refractivity contribution in [1.29, 1.82) is 0 Å². The van der Waals surface area contributed by atoms with Crippen LogP contribution in [-0.4, -0.2) is 23.4 Å². The molecule has 0 spiro atoms. The molecule has 0 bridgehead atoms. The van der Waals surface area contributed by atoms with Crippen molar-refractivity contribution < 1.29 is 4.74 Å². The first-order chi connectivity index (χ1) is 12.3. The summed E-state index contributed by atoms with van der Waals surface area (Å²) in [6.07, 6.45) is 3.42. The van der Waals surface area contributed by atoms with Gasteiger partial charge in [0, 0.05) is 21.2 Å². The van der Waals surface area contributed by atoms with Crippen molar-refractivity contribution in [1.82, 2.24) is 9.78 Å². The summed E-state index contributed by atoms with van der Waals surface area (Å²) in [4.78, 5) is 0. The van der Waals surface area contributed by atoms with Gasteiger partial charge in [0.15, 0.2) is 0 Å². The van der Waals surface area contributed by atoms with Crippen molar-refractivity contribution >= 4 is 28.4 Å². The summed E-state index contributed by atoms with van der Waals surface area (Å²) in [5.74, 6) is 1.99. The maximum atomic E-state index is 5.28. The first kappa shape index (κ1) is 16.4. The van der Waals surface area contributed by atoms with E-state index in [0.29, 0.717) is 0 Å². The van der Waals surface area contributed by atoms with Gasteiger partial charge in [-0.05, 0) is 90.4 Å². The monoisotopic (exact) mass is 445 g/mol. The normalized spacial score (nSPS) is 13.7. The predicted octanol–water partition coefficient (Wildman–Crippen LogP) is 4.90. The molecule has 0 radical (unpaired) electrons. The molecule has 1 aliphatic rings. The van der Waals surface area contributed by atoms with E-state index in [9.17, 15) is 0 Å². The number of hydrogen-bond acceptors (Lipinski definition) is 3. The zero-order chi connectivity index (χ0) is 17.2. The Morgan fingerprint density at radius 2 is 1.80 bits per heavy atom. The second-order valence-electron chi connectivity index (χ2n) is 6.18. The summed E-state index contributed by atoms with van der Waals surface area (Å²) in [5, 5.41) is 8.56.